The number of esters is 1. The highest BCUT2D eigenvalue weighted by atomic mass is 32.1. The number of rotatable bonds is 4. The number of carbonyl (C=O) groups excluding carboxylic acids is 1. The summed E-state index contributed by atoms with van der Waals surface area (Å²) < 4.78 is 4.96. The summed E-state index contributed by atoms with van der Waals surface area (Å²) >= 11 is 1.64. The van der Waals surface area contributed by atoms with Gasteiger partial charge in [0.15, 0.2) is 0 Å². The summed E-state index contributed by atoms with van der Waals surface area (Å²) in [6, 6.07) is 1.94. The molecule has 1 aliphatic carbocycles. The summed E-state index contributed by atoms with van der Waals surface area (Å²) in [4.78, 5) is 23.8. The largest absolute Gasteiger partial charge is 0.478 e. The van der Waals surface area contributed by atoms with Crippen LogP contribution in [-0.2, 0) is 20.7 Å². The first kappa shape index (κ1) is 13.8. The van der Waals surface area contributed by atoms with Crippen molar-refractivity contribution < 1.29 is 19.4 Å². The molecule has 1 N–H and O–H groups in total. The fourth-order valence-corrected chi connectivity index (χ4v) is 3.35. The van der Waals surface area contributed by atoms with E-state index in [9.17, 15) is 9.59 Å². The van der Waals surface area contributed by atoms with Crippen LogP contribution in [0.3, 0.4) is 0 Å². The molecule has 1 aliphatic rings. The summed E-state index contributed by atoms with van der Waals surface area (Å²) in [6.45, 7) is 2.12. The van der Waals surface area contributed by atoms with Crippen LogP contribution < -0.4 is 0 Å². The van der Waals surface area contributed by atoms with Crippen LogP contribution in [0.4, 0.5) is 0 Å². The van der Waals surface area contributed by atoms with Crippen LogP contribution in [-0.4, -0.2) is 23.7 Å². The molecule has 1 aromatic rings. The Labute approximate surface area is 115 Å². The SMILES string of the molecule is CCOC(=O)CC1CCc2sccc2C1=CC(=O)O. The summed E-state index contributed by atoms with van der Waals surface area (Å²) in [5.74, 6) is -1.29. The average Bonchev–Trinajstić information content (AvgIpc) is 2.80. The second kappa shape index (κ2) is 6.02. The highest BCUT2D eigenvalue weighted by Crippen LogP contribution is 2.39. The van der Waals surface area contributed by atoms with Gasteiger partial charge < -0.3 is 9.84 Å². The zero-order valence-corrected chi connectivity index (χ0v) is 11.5. The van der Waals surface area contributed by atoms with Crippen LogP contribution in [0.15, 0.2) is 17.5 Å². The van der Waals surface area contributed by atoms with Crippen molar-refractivity contribution in [1.29, 1.82) is 0 Å². The lowest BCUT2D eigenvalue weighted by Gasteiger charge is -2.24. The lowest BCUT2D eigenvalue weighted by molar-refractivity contribution is -0.144. The third-order valence-electron chi connectivity index (χ3n) is 3.21. The van der Waals surface area contributed by atoms with Gasteiger partial charge in [0, 0.05) is 11.0 Å². The lowest BCUT2D eigenvalue weighted by atomic mass is 9.81. The van der Waals surface area contributed by atoms with Gasteiger partial charge in [0.25, 0.3) is 0 Å². The molecule has 5 heteroatoms. The molecule has 19 heavy (non-hydrogen) atoms. The first-order valence-electron chi connectivity index (χ1n) is 6.28. The van der Waals surface area contributed by atoms with E-state index in [1.165, 1.54) is 11.0 Å². The predicted octanol–water partition coefficient (Wildman–Crippen LogP) is 2.73. The van der Waals surface area contributed by atoms with Gasteiger partial charge in [0.05, 0.1) is 13.0 Å². The Morgan fingerprint density at radius 3 is 3.05 bits per heavy atom. The normalized spacial score (nSPS) is 20.1. The fourth-order valence-electron chi connectivity index (χ4n) is 2.43. The summed E-state index contributed by atoms with van der Waals surface area (Å²) in [7, 11) is 0. The van der Waals surface area contributed by atoms with Gasteiger partial charge in [-0.05, 0) is 48.3 Å². The number of carboxylic acid groups (broad SMARTS) is 1. The Morgan fingerprint density at radius 1 is 1.58 bits per heavy atom. The van der Waals surface area contributed by atoms with Gasteiger partial charge >= 0.3 is 11.9 Å². The van der Waals surface area contributed by atoms with Crippen LogP contribution in [0.2, 0.25) is 0 Å². The van der Waals surface area contributed by atoms with Crippen LogP contribution >= 0.6 is 11.3 Å². The second-order valence-electron chi connectivity index (χ2n) is 4.44. The van der Waals surface area contributed by atoms with Crippen LogP contribution in [0.25, 0.3) is 5.57 Å². The summed E-state index contributed by atoms with van der Waals surface area (Å²) in [5.41, 5.74) is 1.73. The quantitative estimate of drug-likeness (QED) is 0.680. The van der Waals surface area contributed by atoms with Crippen LogP contribution in [0, 0.1) is 5.92 Å². The van der Waals surface area contributed by atoms with Crippen molar-refractivity contribution in [1.82, 2.24) is 0 Å². The van der Waals surface area contributed by atoms with Gasteiger partial charge in [-0.1, -0.05) is 0 Å². The zero-order chi connectivity index (χ0) is 13.8. The van der Waals surface area contributed by atoms with Gasteiger partial charge in [-0.2, -0.15) is 0 Å². The number of carbonyl (C=O) groups is 2. The number of carboxylic acids is 1. The Hall–Kier alpha value is -1.62. The Balaban J connectivity index is 2.24. The first-order valence-corrected chi connectivity index (χ1v) is 7.16. The van der Waals surface area contributed by atoms with Crippen molar-refractivity contribution in [3.8, 4) is 0 Å². The van der Waals surface area contributed by atoms with E-state index in [4.69, 9.17) is 9.84 Å². The van der Waals surface area contributed by atoms with Crippen molar-refractivity contribution in [3.63, 3.8) is 0 Å². The predicted molar refractivity (Wildman–Crippen MR) is 73.0 cm³/mol. The molecular weight excluding hydrogens is 264 g/mol. The van der Waals surface area contributed by atoms with E-state index in [2.05, 4.69) is 0 Å². The molecule has 4 nitrogen and oxygen atoms in total. The number of aryl methyl sites for hydroxylation is 1. The Bertz CT molecular complexity index is 515. The van der Waals surface area contributed by atoms with E-state index in [1.807, 2.05) is 11.4 Å². The monoisotopic (exact) mass is 280 g/mol. The molecule has 0 aromatic carbocycles. The first-order chi connectivity index (χ1) is 9.11. The van der Waals surface area contributed by atoms with Gasteiger partial charge in [-0.25, -0.2) is 4.79 Å². The maximum Gasteiger partial charge on any atom is 0.328 e. The standard InChI is InChI=1S/C14H16O4S/c1-2-18-14(17)7-9-3-4-12-10(5-6-19-12)11(9)8-13(15)16/h5-6,8-9H,2-4,7H2,1H3,(H,15,16). The van der Waals surface area contributed by atoms with Gasteiger partial charge in [0.1, 0.15) is 0 Å². The number of hydrogen-bond donors (Lipinski definition) is 1. The van der Waals surface area contributed by atoms with E-state index < -0.39 is 5.97 Å². The lowest BCUT2D eigenvalue weighted by Crippen LogP contribution is -2.18. The topological polar surface area (TPSA) is 63.6 Å². The molecule has 0 amide bonds. The maximum atomic E-state index is 11.6. The van der Waals surface area contributed by atoms with Crippen LogP contribution in [0.5, 0.6) is 0 Å². The van der Waals surface area contributed by atoms with Crippen molar-refractivity contribution in [2.75, 3.05) is 6.61 Å². The molecule has 0 spiro atoms. The molecule has 0 aliphatic heterocycles. The molecule has 102 valence electrons. The molecule has 0 fully saturated rings. The highest BCUT2D eigenvalue weighted by molar-refractivity contribution is 7.10. The Kier molecular flexibility index (Phi) is 4.37. The van der Waals surface area contributed by atoms with E-state index in [0.717, 1.165) is 24.0 Å². The molecular formula is C14H16O4S. The fraction of sp³-hybridized carbons (Fsp3) is 0.429. The minimum atomic E-state index is -0.970. The molecule has 0 bridgehead atoms. The maximum absolute atomic E-state index is 11.6. The molecule has 0 saturated carbocycles. The number of aliphatic carboxylic acids is 1. The third kappa shape index (κ3) is 3.23. The van der Waals surface area contributed by atoms with Crippen molar-refractivity contribution in [2.45, 2.75) is 26.2 Å². The van der Waals surface area contributed by atoms with E-state index in [-0.39, 0.29) is 18.3 Å². The average molecular weight is 280 g/mol. The number of fused-ring (bicyclic) bond motifs is 1. The van der Waals surface area contributed by atoms with Gasteiger partial charge in [0.2, 0.25) is 0 Å². The van der Waals surface area contributed by atoms with E-state index in [1.54, 1.807) is 18.3 Å². The summed E-state index contributed by atoms with van der Waals surface area (Å²) in [5, 5.41) is 11.0. The summed E-state index contributed by atoms with van der Waals surface area (Å²) in [6.07, 6.45) is 3.18. The number of thiophene rings is 1. The molecule has 1 heterocycles. The van der Waals surface area contributed by atoms with Crippen molar-refractivity contribution in [2.24, 2.45) is 5.92 Å². The molecule has 1 aromatic heterocycles. The van der Waals surface area contributed by atoms with Gasteiger partial charge in [-0.3, -0.25) is 4.79 Å². The highest BCUT2D eigenvalue weighted by Gasteiger charge is 2.27. The van der Waals surface area contributed by atoms with E-state index in [0.29, 0.717) is 6.61 Å². The number of hydrogen-bond acceptors (Lipinski definition) is 4. The Morgan fingerprint density at radius 2 is 2.37 bits per heavy atom. The minimum Gasteiger partial charge on any atom is -0.478 e. The van der Waals surface area contributed by atoms with Crippen LogP contribution in [0.1, 0.15) is 30.2 Å². The second-order valence-corrected chi connectivity index (χ2v) is 5.44. The molecule has 1 unspecified atom stereocenters. The molecule has 0 saturated heterocycles. The molecule has 2 rings (SSSR count). The van der Waals surface area contributed by atoms with Crippen molar-refractivity contribution in [3.05, 3.63) is 28.0 Å². The van der Waals surface area contributed by atoms with E-state index >= 15 is 0 Å². The number of ether oxygens (including phenoxy) is 1. The zero-order valence-electron chi connectivity index (χ0n) is 10.7. The third-order valence-corrected chi connectivity index (χ3v) is 4.19. The van der Waals surface area contributed by atoms with Crippen molar-refractivity contribution >= 4 is 28.8 Å². The van der Waals surface area contributed by atoms with Gasteiger partial charge in [-0.15, -0.1) is 11.3 Å². The molecule has 1 atom stereocenters. The smallest absolute Gasteiger partial charge is 0.328 e. The minimum absolute atomic E-state index is 0.0581. The molecule has 0 radical (unpaired) electrons. The number of allylic oxidation sites excluding steroid dienone is 1.